The lowest BCUT2D eigenvalue weighted by Gasteiger charge is -2.41. The fourth-order valence-electron chi connectivity index (χ4n) is 5.00. The van der Waals surface area contributed by atoms with Crippen LogP contribution in [-0.4, -0.2) is 89.1 Å². The first-order valence-electron chi connectivity index (χ1n) is 11.5. The van der Waals surface area contributed by atoms with Gasteiger partial charge in [-0.15, -0.1) is 0 Å². The number of amides is 2. The van der Waals surface area contributed by atoms with E-state index in [4.69, 9.17) is 4.74 Å². The number of fused-ring (bicyclic) bond motifs is 1. The van der Waals surface area contributed by atoms with Crippen molar-refractivity contribution in [2.24, 2.45) is 0 Å². The van der Waals surface area contributed by atoms with Gasteiger partial charge in [0.2, 0.25) is 5.91 Å². The van der Waals surface area contributed by atoms with E-state index in [9.17, 15) is 9.59 Å². The van der Waals surface area contributed by atoms with Crippen LogP contribution in [0.4, 0.5) is 0 Å². The molecule has 7 heteroatoms. The van der Waals surface area contributed by atoms with Crippen LogP contribution >= 0.6 is 0 Å². The van der Waals surface area contributed by atoms with Gasteiger partial charge in [0.05, 0.1) is 13.2 Å². The number of likely N-dealkylation sites (tertiary alicyclic amines) is 1. The van der Waals surface area contributed by atoms with Crippen molar-refractivity contribution in [3.8, 4) is 0 Å². The highest BCUT2D eigenvalue weighted by molar-refractivity contribution is 5.85. The molecule has 166 valence electrons. The molecule has 1 aliphatic carbocycles. The van der Waals surface area contributed by atoms with Crippen LogP contribution < -0.4 is 0 Å². The molecule has 3 heterocycles. The highest BCUT2D eigenvalue weighted by Crippen LogP contribution is 2.33. The highest BCUT2D eigenvalue weighted by atomic mass is 16.5. The van der Waals surface area contributed by atoms with Crippen molar-refractivity contribution >= 4 is 22.7 Å². The lowest BCUT2D eigenvalue weighted by atomic mass is 10.0. The van der Waals surface area contributed by atoms with E-state index in [2.05, 4.69) is 22.9 Å². The number of benzene rings is 1. The Morgan fingerprint density at radius 1 is 1.03 bits per heavy atom. The van der Waals surface area contributed by atoms with Crippen molar-refractivity contribution in [2.75, 3.05) is 39.8 Å². The molecule has 1 aromatic heterocycles. The average Bonchev–Trinajstić information content (AvgIpc) is 3.55. The zero-order valence-electron chi connectivity index (χ0n) is 18.3. The molecular weight excluding hydrogens is 392 g/mol. The number of carbonyl (C=O) groups is 2. The van der Waals surface area contributed by atoms with Gasteiger partial charge in [-0.1, -0.05) is 18.2 Å². The molecular formula is C24H32N4O3. The number of carbonyl (C=O) groups excluding carboxylic acids is 2. The number of rotatable bonds is 5. The zero-order chi connectivity index (χ0) is 21.4. The predicted molar refractivity (Wildman–Crippen MR) is 119 cm³/mol. The number of piperidine rings is 1. The number of para-hydroxylation sites is 1. The molecule has 0 radical (unpaired) electrons. The molecule has 1 aromatic carbocycles. The number of nitrogens with zero attached hydrogens (tertiary/aromatic N) is 4. The van der Waals surface area contributed by atoms with Crippen molar-refractivity contribution in [3.05, 3.63) is 36.5 Å². The molecule has 2 amide bonds. The normalized spacial score (nSPS) is 23.3. The van der Waals surface area contributed by atoms with E-state index in [0.717, 1.165) is 49.7 Å². The van der Waals surface area contributed by atoms with Gasteiger partial charge in [0.15, 0.2) is 6.10 Å². The molecule has 7 nitrogen and oxygen atoms in total. The van der Waals surface area contributed by atoms with Gasteiger partial charge >= 0.3 is 0 Å². The summed E-state index contributed by atoms with van der Waals surface area (Å²) in [7, 11) is 2.14. The van der Waals surface area contributed by atoms with Gasteiger partial charge in [-0.3, -0.25) is 9.59 Å². The van der Waals surface area contributed by atoms with Gasteiger partial charge < -0.3 is 24.0 Å². The second kappa shape index (κ2) is 8.63. The quantitative estimate of drug-likeness (QED) is 0.736. The third kappa shape index (κ3) is 4.34. The van der Waals surface area contributed by atoms with Gasteiger partial charge in [-0.05, 0) is 63.3 Å². The largest absolute Gasteiger partial charge is 0.365 e. The Kier molecular flexibility index (Phi) is 5.71. The highest BCUT2D eigenvalue weighted by Gasteiger charge is 2.42. The molecule has 3 fully saturated rings. The third-order valence-electron chi connectivity index (χ3n) is 6.96. The van der Waals surface area contributed by atoms with E-state index < -0.39 is 6.10 Å². The van der Waals surface area contributed by atoms with Crippen LogP contribution in [0.15, 0.2) is 36.5 Å². The maximum Gasteiger partial charge on any atom is 0.254 e. The standard InChI is InChI=1S/C24H32N4O3/c1-25-11-9-20(10-12-25)28(19-6-7-19)24(30)22-16-27(14-15-31-22)23(29)17-26-13-8-18-4-2-3-5-21(18)26/h2-5,8,13,19-20,22H,6-7,9-12,14-17H2,1H3. The van der Waals surface area contributed by atoms with Crippen molar-refractivity contribution in [1.29, 1.82) is 0 Å². The Morgan fingerprint density at radius 2 is 1.77 bits per heavy atom. The first-order chi connectivity index (χ1) is 15.1. The summed E-state index contributed by atoms with van der Waals surface area (Å²) >= 11 is 0. The van der Waals surface area contributed by atoms with E-state index in [1.807, 2.05) is 35.0 Å². The van der Waals surface area contributed by atoms with Crippen LogP contribution in [0.3, 0.4) is 0 Å². The summed E-state index contributed by atoms with van der Waals surface area (Å²) in [6.45, 7) is 3.66. The molecule has 1 atom stereocenters. The van der Waals surface area contributed by atoms with E-state index in [0.29, 0.717) is 31.8 Å². The Hall–Kier alpha value is -2.38. The zero-order valence-corrected chi connectivity index (χ0v) is 18.3. The van der Waals surface area contributed by atoms with E-state index in [1.54, 1.807) is 4.90 Å². The van der Waals surface area contributed by atoms with E-state index in [-0.39, 0.29) is 18.4 Å². The minimum absolute atomic E-state index is 0.0414. The maximum atomic E-state index is 13.5. The molecule has 3 aliphatic rings. The summed E-state index contributed by atoms with van der Waals surface area (Å²) in [6.07, 6.45) is 5.64. The van der Waals surface area contributed by atoms with Gasteiger partial charge in [0, 0.05) is 30.3 Å². The van der Waals surface area contributed by atoms with Crippen molar-refractivity contribution in [1.82, 2.24) is 19.3 Å². The molecule has 0 spiro atoms. The topological polar surface area (TPSA) is 58.0 Å². The third-order valence-corrected chi connectivity index (χ3v) is 6.96. The van der Waals surface area contributed by atoms with Crippen LogP contribution in [0.1, 0.15) is 25.7 Å². The number of aromatic nitrogens is 1. The Labute approximate surface area is 183 Å². The summed E-state index contributed by atoms with van der Waals surface area (Å²) in [4.78, 5) is 32.8. The summed E-state index contributed by atoms with van der Waals surface area (Å²) in [6, 6.07) is 10.8. The molecule has 2 saturated heterocycles. The molecule has 0 N–H and O–H groups in total. The monoisotopic (exact) mass is 424 g/mol. The first kappa shape index (κ1) is 20.5. The van der Waals surface area contributed by atoms with Crippen LogP contribution in [-0.2, 0) is 20.9 Å². The Bertz CT molecular complexity index is 945. The Balaban J connectivity index is 1.25. The predicted octanol–water partition coefficient (Wildman–Crippen LogP) is 1.95. The lowest BCUT2D eigenvalue weighted by molar-refractivity contribution is -0.157. The van der Waals surface area contributed by atoms with Crippen molar-refractivity contribution in [3.63, 3.8) is 0 Å². The molecule has 2 aromatic rings. The van der Waals surface area contributed by atoms with Gasteiger partial charge in [0.25, 0.3) is 5.91 Å². The van der Waals surface area contributed by atoms with E-state index in [1.165, 1.54) is 0 Å². The number of hydrogen-bond acceptors (Lipinski definition) is 4. The first-order valence-corrected chi connectivity index (χ1v) is 11.5. The van der Waals surface area contributed by atoms with Gasteiger partial charge in [-0.25, -0.2) is 0 Å². The Morgan fingerprint density at radius 3 is 2.55 bits per heavy atom. The summed E-state index contributed by atoms with van der Waals surface area (Å²) in [5.74, 6) is 0.126. The maximum absolute atomic E-state index is 13.5. The molecule has 0 bridgehead atoms. The minimum atomic E-state index is -0.542. The van der Waals surface area contributed by atoms with Gasteiger partial charge in [-0.2, -0.15) is 0 Å². The second-order valence-corrected chi connectivity index (χ2v) is 9.21. The SMILES string of the molecule is CN1CCC(N(C(=O)C2CN(C(=O)Cn3ccc4ccccc43)CCO2)C2CC2)CC1. The fraction of sp³-hybridized carbons (Fsp3) is 0.583. The molecule has 1 saturated carbocycles. The summed E-state index contributed by atoms with van der Waals surface area (Å²) in [5.41, 5.74) is 1.05. The van der Waals surface area contributed by atoms with Crippen LogP contribution in [0.5, 0.6) is 0 Å². The van der Waals surface area contributed by atoms with Crippen LogP contribution in [0.2, 0.25) is 0 Å². The number of hydrogen-bond donors (Lipinski definition) is 0. The van der Waals surface area contributed by atoms with Crippen LogP contribution in [0, 0.1) is 0 Å². The minimum Gasteiger partial charge on any atom is -0.365 e. The average molecular weight is 425 g/mol. The number of morpholine rings is 1. The van der Waals surface area contributed by atoms with Crippen molar-refractivity contribution in [2.45, 2.75) is 50.4 Å². The molecule has 31 heavy (non-hydrogen) atoms. The summed E-state index contributed by atoms with van der Waals surface area (Å²) < 4.78 is 7.88. The van der Waals surface area contributed by atoms with Crippen molar-refractivity contribution < 1.29 is 14.3 Å². The summed E-state index contributed by atoms with van der Waals surface area (Å²) in [5, 5.41) is 1.13. The molecule has 1 unspecified atom stereocenters. The fourth-order valence-corrected chi connectivity index (χ4v) is 5.00. The van der Waals surface area contributed by atoms with Crippen LogP contribution in [0.25, 0.3) is 10.9 Å². The molecule has 5 rings (SSSR count). The smallest absolute Gasteiger partial charge is 0.254 e. The molecule has 2 aliphatic heterocycles. The lowest BCUT2D eigenvalue weighted by Crippen LogP contribution is -2.56. The van der Waals surface area contributed by atoms with E-state index >= 15 is 0 Å². The second-order valence-electron chi connectivity index (χ2n) is 9.21. The van der Waals surface area contributed by atoms with Gasteiger partial charge in [0.1, 0.15) is 6.54 Å². The number of ether oxygens (including phenoxy) is 1.